The molecule has 21 heavy (non-hydrogen) atoms. The zero-order valence-corrected chi connectivity index (χ0v) is 14.1. The fraction of sp³-hybridized carbons (Fsp3) is 0.389. The Morgan fingerprint density at radius 3 is 2.19 bits per heavy atom. The number of benzene rings is 1. The molecule has 1 heterocycles. The van der Waals surface area contributed by atoms with Crippen molar-refractivity contribution in [3.8, 4) is 0 Å². The first-order valence-electron chi connectivity index (χ1n) is 7.71. The van der Waals surface area contributed by atoms with E-state index >= 15 is 0 Å². The van der Waals surface area contributed by atoms with E-state index in [4.69, 9.17) is 11.1 Å². The highest BCUT2D eigenvalue weighted by Gasteiger charge is 2.12. The number of allylic oxidation sites excluding steroid dienone is 1. The van der Waals surface area contributed by atoms with Crippen molar-refractivity contribution in [1.82, 2.24) is 4.57 Å². The molecule has 0 saturated heterocycles. The summed E-state index contributed by atoms with van der Waals surface area (Å²) in [6.45, 7) is 12.3. The lowest BCUT2D eigenvalue weighted by atomic mass is 10.2. The van der Waals surface area contributed by atoms with E-state index < -0.39 is 0 Å². The van der Waals surface area contributed by atoms with Crippen molar-refractivity contribution >= 4 is 22.7 Å². The molecule has 0 fully saturated rings. The monoisotopic (exact) mass is 287 g/mol. The van der Waals surface area contributed by atoms with Gasteiger partial charge in [-0.25, -0.2) is 0 Å². The Hall–Kier alpha value is -2.03. The maximum Gasteiger partial charge on any atom is 0.0523 e. The Bertz CT molecular complexity index is 577. The number of para-hydroxylation sites is 1. The molecule has 2 aromatic rings. The Morgan fingerprint density at radius 2 is 1.71 bits per heavy atom. The van der Waals surface area contributed by atoms with Crippen LogP contribution in [0.1, 0.15) is 53.3 Å². The molecule has 116 valence electrons. The van der Waals surface area contributed by atoms with Gasteiger partial charge in [0, 0.05) is 34.9 Å². The lowest BCUT2D eigenvalue weighted by molar-refractivity contribution is 0.617. The van der Waals surface area contributed by atoms with E-state index in [0.717, 1.165) is 11.3 Å². The van der Waals surface area contributed by atoms with Gasteiger partial charge >= 0.3 is 0 Å². The molecule has 1 aromatic carbocycles. The van der Waals surface area contributed by atoms with Crippen LogP contribution in [-0.4, -0.2) is 10.8 Å². The van der Waals surface area contributed by atoms with Crippen LogP contribution in [0.5, 0.6) is 0 Å². The lowest BCUT2D eigenvalue weighted by Gasteiger charge is -2.14. The minimum atomic E-state index is 0.333. The van der Waals surface area contributed by atoms with Crippen molar-refractivity contribution in [1.29, 1.82) is 5.41 Å². The molecule has 0 amide bonds. The van der Waals surface area contributed by atoms with Gasteiger partial charge in [-0.1, -0.05) is 45.9 Å². The van der Waals surface area contributed by atoms with E-state index in [2.05, 4.69) is 36.6 Å². The first-order chi connectivity index (χ1) is 10.2. The second-order valence-electron chi connectivity index (χ2n) is 4.32. The zero-order chi connectivity index (χ0) is 16.4. The molecule has 0 bridgehead atoms. The summed E-state index contributed by atoms with van der Waals surface area (Å²) in [4.78, 5) is 0. The van der Waals surface area contributed by atoms with Gasteiger partial charge in [0.2, 0.25) is 0 Å². The van der Waals surface area contributed by atoms with E-state index in [9.17, 15) is 0 Å². The molecule has 1 aromatic heterocycles. The number of rotatable bonds is 3. The first kappa shape index (κ1) is 19.0. The average Bonchev–Trinajstić information content (AvgIpc) is 2.92. The first-order valence-corrected chi connectivity index (χ1v) is 7.71. The van der Waals surface area contributed by atoms with E-state index in [0.29, 0.717) is 6.04 Å². The second kappa shape index (κ2) is 9.81. The quantitative estimate of drug-likeness (QED) is 0.747. The van der Waals surface area contributed by atoms with Crippen LogP contribution in [0.15, 0.2) is 36.5 Å². The number of nitrogens with one attached hydrogen (secondary N) is 1. The van der Waals surface area contributed by atoms with Crippen molar-refractivity contribution in [3.63, 3.8) is 0 Å². The summed E-state index contributed by atoms with van der Waals surface area (Å²) in [5.74, 6) is 0. The maximum absolute atomic E-state index is 7.42. The van der Waals surface area contributed by atoms with Crippen LogP contribution in [0.4, 0.5) is 0 Å². The number of fused-ring (bicyclic) bond motifs is 1. The van der Waals surface area contributed by atoms with Gasteiger partial charge < -0.3 is 15.7 Å². The van der Waals surface area contributed by atoms with Gasteiger partial charge in [-0.15, -0.1) is 0 Å². The summed E-state index contributed by atoms with van der Waals surface area (Å²) in [6, 6.07) is 10.6. The van der Waals surface area contributed by atoms with Gasteiger partial charge in [0.1, 0.15) is 0 Å². The smallest absolute Gasteiger partial charge is 0.0523 e. The number of hydrogen-bond acceptors (Lipinski definition) is 2. The molecule has 3 nitrogen and oxygen atoms in total. The van der Waals surface area contributed by atoms with Gasteiger partial charge in [0.25, 0.3) is 0 Å². The van der Waals surface area contributed by atoms with Crippen molar-refractivity contribution in [2.75, 3.05) is 0 Å². The van der Waals surface area contributed by atoms with Crippen LogP contribution in [0.25, 0.3) is 16.5 Å². The third kappa shape index (κ3) is 4.22. The zero-order valence-electron chi connectivity index (χ0n) is 14.1. The second-order valence-corrected chi connectivity index (χ2v) is 4.32. The van der Waals surface area contributed by atoms with Crippen molar-refractivity contribution < 1.29 is 0 Å². The molecule has 0 aliphatic carbocycles. The van der Waals surface area contributed by atoms with Crippen molar-refractivity contribution in [2.45, 2.75) is 47.6 Å². The Kier molecular flexibility index (Phi) is 8.86. The normalized spacial score (nSPS) is 10.5. The SMILES string of the molecule is CC.CC.CC(C)n1c(/C(C=N)=C/N)cc2ccccc21. The molecule has 3 heteroatoms. The van der Waals surface area contributed by atoms with Crippen LogP contribution in [0.3, 0.4) is 0 Å². The van der Waals surface area contributed by atoms with Gasteiger partial charge in [-0.05, 0) is 26.0 Å². The summed E-state index contributed by atoms with van der Waals surface area (Å²) in [5.41, 5.74) is 8.50. The van der Waals surface area contributed by atoms with Crippen molar-refractivity contribution in [2.24, 2.45) is 5.73 Å². The maximum atomic E-state index is 7.42. The molecule has 3 N–H and O–H groups in total. The summed E-state index contributed by atoms with van der Waals surface area (Å²) in [6.07, 6.45) is 2.78. The molecule has 0 unspecified atom stereocenters. The van der Waals surface area contributed by atoms with Crippen molar-refractivity contribution in [3.05, 3.63) is 42.2 Å². The molecule has 0 aliphatic heterocycles. The van der Waals surface area contributed by atoms with Crippen LogP contribution in [0.2, 0.25) is 0 Å². The van der Waals surface area contributed by atoms with Crippen LogP contribution >= 0.6 is 0 Å². The number of aromatic nitrogens is 1. The number of hydrogen-bond donors (Lipinski definition) is 2. The topological polar surface area (TPSA) is 54.8 Å². The molecule has 0 atom stereocenters. The molecule has 0 radical (unpaired) electrons. The van der Waals surface area contributed by atoms with E-state index in [1.165, 1.54) is 23.3 Å². The van der Waals surface area contributed by atoms with Gasteiger partial charge in [-0.2, -0.15) is 0 Å². The Balaban J connectivity index is 0.000000921. The van der Waals surface area contributed by atoms with Crippen LogP contribution in [-0.2, 0) is 0 Å². The molecule has 0 aliphatic rings. The fourth-order valence-corrected chi connectivity index (χ4v) is 2.16. The molecular weight excluding hydrogens is 258 g/mol. The molecule has 0 saturated carbocycles. The fourth-order valence-electron chi connectivity index (χ4n) is 2.16. The van der Waals surface area contributed by atoms with Crippen LogP contribution < -0.4 is 5.73 Å². The highest BCUT2D eigenvalue weighted by atomic mass is 15.0. The predicted molar refractivity (Wildman–Crippen MR) is 96.0 cm³/mol. The standard InChI is InChI=1S/C14H17N3.2C2H6/c1-10(2)17-13-6-4-3-5-11(13)7-14(17)12(8-15)9-16;2*1-2/h3-10,15H,16H2,1-2H3;2*1-2H3/b12-9+,15-8?;;. The molecular formula is C18H29N3. The summed E-state index contributed by atoms with van der Waals surface area (Å²) in [5, 5.41) is 8.60. The predicted octanol–water partition coefficient (Wildman–Crippen LogP) is 5.22. The highest BCUT2D eigenvalue weighted by Crippen LogP contribution is 2.27. The summed E-state index contributed by atoms with van der Waals surface area (Å²) < 4.78 is 2.21. The van der Waals surface area contributed by atoms with Gasteiger partial charge in [0.05, 0.1) is 5.69 Å². The molecule has 2 rings (SSSR count). The number of nitrogens with two attached hydrogens (primary N) is 1. The Labute approximate surface area is 129 Å². The highest BCUT2D eigenvalue weighted by molar-refractivity contribution is 6.09. The van der Waals surface area contributed by atoms with Gasteiger partial charge in [0.15, 0.2) is 0 Å². The van der Waals surface area contributed by atoms with E-state index in [-0.39, 0.29) is 0 Å². The minimum Gasteiger partial charge on any atom is -0.404 e. The Morgan fingerprint density at radius 1 is 1.14 bits per heavy atom. The van der Waals surface area contributed by atoms with Gasteiger partial charge in [-0.3, -0.25) is 0 Å². The number of nitrogens with zero attached hydrogens (tertiary/aromatic N) is 1. The average molecular weight is 287 g/mol. The van der Waals surface area contributed by atoms with Crippen LogP contribution in [0, 0.1) is 5.41 Å². The summed E-state index contributed by atoms with van der Waals surface area (Å²) in [7, 11) is 0. The molecule has 0 spiro atoms. The lowest BCUT2D eigenvalue weighted by Crippen LogP contribution is -2.06. The minimum absolute atomic E-state index is 0.333. The largest absolute Gasteiger partial charge is 0.404 e. The van der Waals surface area contributed by atoms with E-state index in [1.54, 1.807) is 0 Å². The summed E-state index contributed by atoms with van der Waals surface area (Å²) >= 11 is 0. The van der Waals surface area contributed by atoms with E-state index in [1.807, 2.05) is 39.8 Å². The third-order valence-corrected chi connectivity index (χ3v) is 2.90. The third-order valence-electron chi connectivity index (χ3n) is 2.90.